The minimum absolute atomic E-state index is 0.334. The standard InChI is InChI=1S/C9H16O2/c1-8(2)4-5-9(3)10-6-7-11-9/h1,4-7H2,2-3H3. The van der Waals surface area contributed by atoms with Gasteiger partial charge in [-0.1, -0.05) is 5.57 Å². The van der Waals surface area contributed by atoms with Gasteiger partial charge >= 0.3 is 0 Å². The molecular formula is C9H16O2. The molecular weight excluding hydrogens is 140 g/mol. The summed E-state index contributed by atoms with van der Waals surface area (Å²) in [4.78, 5) is 0. The topological polar surface area (TPSA) is 18.5 Å². The Labute approximate surface area is 68.2 Å². The van der Waals surface area contributed by atoms with Gasteiger partial charge in [0.15, 0.2) is 5.79 Å². The summed E-state index contributed by atoms with van der Waals surface area (Å²) in [6, 6.07) is 0. The Hall–Kier alpha value is -0.340. The van der Waals surface area contributed by atoms with Crippen molar-refractivity contribution in [1.29, 1.82) is 0 Å². The van der Waals surface area contributed by atoms with E-state index in [1.54, 1.807) is 0 Å². The Morgan fingerprint density at radius 2 is 2.00 bits per heavy atom. The summed E-state index contributed by atoms with van der Waals surface area (Å²) in [5.41, 5.74) is 1.19. The molecule has 64 valence electrons. The molecule has 0 bridgehead atoms. The van der Waals surface area contributed by atoms with E-state index < -0.39 is 0 Å². The van der Waals surface area contributed by atoms with Gasteiger partial charge in [-0.2, -0.15) is 0 Å². The van der Waals surface area contributed by atoms with Crippen LogP contribution in [-0.4, -0.2) is 19.0 Å². The van der Waals surface area contributed by atoms with E-state index in [2.05, 4.69) is 6.58 Å². The van der Waals surface area contributed by atoms with E-state index in [4.69, 9.17) is 9.47 Å². The van der Waals surface area contributed by atoms with Gasteiger partial charge in [-0.05, 0) is 20.3 Å². The fraction of sp³-hybridized carbons (Fsp3) is 0.778. The molecule has 11 heavy (non-hydrogen) atoms. The number of allylic oxidation sites excluding steroid dienone is 1. The van der Waals surface area contributed by atoms with Crippen molar-refractivity contribution < 1.29 is 9.47 Å². The smallest absolute Gasteiger partial charge is 0.166 e. The van der Waals surface area contributed by atoms with E-state index in [9.17, 15) is 0 Å². The Kier molecular flexibility index (Phi) is 2.68. The molecule has 0 N–H and O–H groups in total. The largest absolute Gasteiger partial charge is 0.348 e. The highest BCUT2D eigenvalue weighted by atomic mass is 16.7. The van der Waals surface area contributed by atoms with Gasteiger partial charge in [0.2, 0.25) is 0 Å². The van der Waals surface area contributed by atoms with Gasteiger partial charge in [-0.25, -0.2) is 0 Å². The third-order valence-corrected chi connectivity index (χ3v) is 1.90. The maximum Gasteiger partial charge on any atom is 0.166 e. The summed E-state index contributed by atoms with van der Waals surface area (Å²) in [6.45, 7) is 9.31. The van der Waals surface area contributed by atoms with Gasteiger partial charge < -0.3 is 9.47 Å². The van der Waals surface area contributed by atoms with Gasteiger partial charge in [0.1, 0.15) is 0 Å². The van der Waals surface area contributed by atoms with Crippen LogP contribution in [-0.2, 0) is 9.47 Å². The summed E-state index contributed by atoms with van der Waals surface area (Å²) in [6.07, 6.45) is 1.90. The lowest BCUT2D eigenvalue weighted by Gasteiger charge is -2.21. The molecule has 1 fully saturated rings. The van der Waals surface area contributed by atoms with Crippen molar-refractivity contribution in [3.8, 4) is 0 Å². The molecule has 0 atom stereocenters. The molecule has 1 heterocycles. The van der Waals surface area contributed by atoms with E-state index in [1.807, 2.05) is 13.8 Å². The van der Waals surface area contributed by atoms with E-state index in [-0.39, 0.29) is 5.79 Å². The van der Waals surface area contributed by atoms with E-state index >= 15 is 0 Å². The minimum atomic E-state index is -0.334. The first-order chi connectivity index (χ1) is 5.12. The molecule has 1 saturated heterocycles. The quantitative estimate of drug-likeness (QED) is 0.582. The van der Waals surface area contributed by atoms with Crippen molar-refractivity contribution in [2.45, 2.75) is 32.5 Å². The summed E-state index contributed by atoms with van der Waals surface area (Å²) in [7, 11) is 0. The lowest BCUT2D eigenvalue weighted by Crippen LogP contribution is -2.25. The summed E-state index contributed by atoms with van der Waals surface area (Å²) in [5.74, 6) is -0.334. The van der Waals surface area contributed by atoms with Crippen LogP contribution in [0.2, 0.25) is 0 Å². The van der Waals surface area contributed by atoms with Crippen molar-refractivity contribution in [2.75, 3.05) is 13.2 Å². The van der Waals surface area contributed by atoms with Crippen LogP contribution in [0.25, 0.3) is 0 Å². The highest BCUT2D eigenvalue weighted by molar-refractivity contribution is 4.89. The molecule has 0 radical (unpaired) electrons. The third kappa shape index (κ3) is 2.64. The molecule has 1 aliphatic heterocycles. The van der Waals surface area contributed by atoms with Crippen molar-refractivity contribution in [3.63, 3.8) is 0 Å². The Morgan fingerprint density at radius 3 is 2.45 bits per heavy atom. The van der Waals surface area contributed by atoms with Crippen LogP contribution in [0.15, 0.2) is 12.2 Å². The maximum atomic E-state index is 5.43. The molecule has 2 nitrogen and oxygen atoms in total. The molecule has 0 amide bonds. The molecule has 0 aromatic heterocycles. The average Bonchev–Trinajstić information content (AvgIpc) is 2.33. The predicted octanol–water partition coefficient (Wildman–Crippen LogP) is 2.11. The van der Waals surface area contributed by atoms with Crippen LogP contribution in [0.1, 0.15) is 26.7 Å². The number of hydrogen-bond donors (Lipinski definition) is 0. The SMILES string of the molecule is C=C(C)CCC1(C)OCCO1. The van der Waals surface area contributed by atoms with Crippen molar-refractivity contribution in [3.05, 3.63) is 12.2 Å². The monoisotopic (exact) mass is 156 g/mol. The van der Waals surface area contributed by atoms with Crippen LogP contribution < -0.4 is 0 Å². The molecule has 1 aliphatic rings. The molecule has 0 aromatic rings. The zero-order chi connectivity index (χ0) is 8.32. The van der Waals surface area contributed by atoms with Gasteiger partial charge in [-0.15, -0.1) is 6.58 Å². The Bertz CT molecular complexity index is 146. The van der Waals surface area contributed by atoms with Gasteiger partial charge in [0, 0.05) is 6.42 Å². The zero-order valence-corrected chi connectivity index (χ0v) is 7.35. The summed E-state index contributed by atoms with van der Waals surface area (Å²) in [5, 5.41) is 0. The first-order valence-electron chi connectivity index (χ1n) is 4.05. The summed E-state index contributed by atoms with van der Waals surface area (Å²) < 4.78 is 10.9. The minimum Gasteiger partial charge on any atom is -0.348 e. The maximum absolute atomic E-state index is 5.43. The molecule has 0 aromatic carbocycles. The van der Waals surface area contributed by atoms with Crippen LogP contribution in [0.3, 0.4) is 0 Å². The molecule has 2 heteroatoms. The number of ether oxygens (including phenoxy) is 2. The fourth-order valence-corrected chi connectivity index (χ4v) is 1.14. The lowest BCUT2D eigenvalue weighted by atomic mass is 10.1. The second kappa shape index (κ2) is 3.37. The second-order valence-corrected chi connectivity index (χ2v) is 3.29. The van der Waals surface area contributed by atoms with Gasteiger partial charge in [0.25, 0.3) is 0 Å². The normalized spacial score (nSPS) is 22.0. The molecule has 0 saturated carbocycles. The molecule has 0 unspecified atom stereocenters. The van der Waals surface area contributed by atoms with Crippen LogP contribution in [0.4, 0.5) is 0 Å². The zero-order valence-electron chi connectivity index (χ0n) is 7.35. The predicted molar refractivity (Wildman–Crippen MR) is 44.4 cm³/mol. The van der Waals surface area contributed by atoms with Crippen LogP contribution >= 0.6 is 0 Å². The third-order valence-electron chi connectivity index (χ3n) is 1.90. The number of rotatable bonds is 3. The van der Waals surface area contributed by atoms with Gasteiger partial charge in [-0.3, -0.25) is 0 Å². The summed E-state index contributed by atoms with van der Waals surface area (Å²) >= 11 is 0. The van der Waals surface area contributed by atoms with E-state index in [1.165, 1.54) is 5.57 Å². The molecule has 0 spiro atoms. The van der Waals surface area contributed by atoms with Crippen LogP contribution in [0.5, 0.6) is 0 Å². The average molecular weight is 156 g/mol. The number of hydrogen-bond acceptors (Lipinski definition) is 2. The Morgan fingerprint density at radius 1 is 1.45 bits per heavy atom. The highest BCUT2D eigenvalue weighted by Gasteiger charge is 2.29. The first kappa shape index (κ1) is 8.75. The van der Waals surface area contributed by atoms with E-state index in [0.717, 1.165) is 26.1 Å². The molecule has 0 aliphatic carbocycles. The van der Waals surface area contributed by atoms with Crippen LogP contribution in [0, 0.1) is 0 Å². The van der Waals surface area contributed by atoms with E-state index in [0.29, 0.717) is 0 Å². The molecule has 1 rings (SSSR count). The lowest BCUT2D eigenvalue weighted by molar-refractivity contribution is -0.146. The highest BCUT2D eigenvalue weighted by Crippen LogP contribution is 2.25. The van der Waals surface area contributed by atoms with Crippen molar-refractivity contribution in [2.24, 2.45) is 0 Å². The second-order valence-electron chi connectivity index (χ2n) is 3.29. The van der Waals surface area contributed by atoms with Crippen molar-refractivity contribution >= 4 is 0 Å². The Balaban J connectivity index is 2.28. The fourth-order valence-electron chi connectivity index (χ4n) is 1.14. The first-order valence-corrected chi connectivity index (χ1v) is 4.05. The van der Waals surface area contributed by atoms with Gasteiger partial charge in [0.05, 0.1) is 13.2 Å². The van der Waals surface area contributed by atoms with Crippen molar-refractivity contribution in [1.82, 2.24) is 0 Å².